The third-order valence-corrected chi connectivity index (χ3v) is 4.66. The van der Waals surface area contributed by atoms with Gasteiger partial charge in [0.15, 0.2) is 11.5 Å². The maximum atomic E-state index is 12.7. The molecule has 1 amide bonds. The number of hydrogen-bond acceptors (Lipinski definition) is 4. The molecule has 0 radical (unpaired) electrons. The number of carbonyl (C=O) groups is 1. The highest BCUT2D eigenvalue weighted by Gasteiger charge is 2.28. The SMILES string of the molecule is O=C(Nc1ccccc1N1CCCCC1)C1COc2ccccc2O1. The molecule has 5 nitrogen and oxygen atoms in total. The predicted octanol–water partition coefficient (Wildman–Crippen LogP) is 3.46. The van der Waals surface area contributed by atoms with Gasteiger partial charge in [-0.1, -0.05) is 24.3 Å². The van der Waals surface area contributed by atoms with Crippen molar-refractivity contribution in [2.45, 2.75) is 25.4 Å². The lowest BCUT2D eigenvalue weighted by Gasteiger charge is -2.31. The van der Waals surface area contributed by atoms with Gasteiger partial charge in [-0.3, -0.25) is 4.79 Å². The minimum absolute atomic E-state index is 0.182. The first-order valence-electron chi connectivity index (χ1n) is 8.84. The van der Waals surface area contributed by atoms with Crippen LogP contribution in [0.5, 0.6) is 11.5 Å². The van der Waals surface area contributed by atoms with E-state index in [0.717, 1.165) is 24.5 Å². The van der Waals surface area contributed by atoms with E-state index in [1.54, 1.807) is 0 Å². The number of ether oxygens (including phenoxy) is 2. The average Bonchev–Trinajstić information content (AvgIpc) is 2.68. The highest BCUT2D eigenvalue weighted by molar-refractivity contribution is 5.97. The minimum atomic E-state index is -0.649. The predicted molar refractivity (Wildman–Crippen MR) is 97.5 cm³/mol. The van der Waals surface area contributed by atoms with Crippen LogP contribution in [0.3, 0.4) is 0 Å². The van der Waals surface area contributed by atoms with Crippen molar-refractivity contribution in [3.63, 3.8) is 0 Å². The summed E-state index contributed by atoms with van der Waals surface area (Å²) < 4.78 is 11.4. The number of rotatable bonds is 3. The van der Waals surface area contributed by atoms with Gasteiger partial charge in [0, 0.05) is 13.1 Å². The van der Waals surface area contributed by atoms with E-state index in [2.05, 4.69) is 16.3 Å². The number of nitrogens with zero attached hydrogens (tertiary/aromatic N) is 1. The van der Waals surface area contributed by atoms with Crippen molar-refractivity contribution < 1.29 is 14.3 Å². The second-order valence-corrected chi connectivity index (χ2v) is 6.42. The topological polar surface area (TPSA) is 50.8 Å². The maximum Gasteiger partial charge on any atom is 0.269 e. The van der Waals surface area contributed by atoms with Gasteiger partial charge in [0.25, 0.3) is 5.91 Å². The number of amides is 1. The zero-order valence-corrected chi connectivity index (χ0v) is 14.1. The average molecular weight is 338 g/mol. The molecule has 0 aromatic heterocycles. The van der Waals surface area contributed by atoms with Gasteiger partial charge >= 0.3 is 0 Å². The van der Waals surface area contributed by atoms with E-state index in [1.165, 1.54) is 19.3 Å². The lowest BCUT2D eigenvalue weighted by molar-refractivity contribution is -0.125. The first kappa shape index (κ1) is 15.8. The summed E-state index contributed by atoms with van der Waals surface area (Å²) in [4.78, 5) is 15.0. The Bertz CT molecular complexity index is 756. The van der Waals surface area contributed by atoms with E-state index >= 15 is 0 Å². The van der Waals surface area contributed by atoms with Crippen molar-refractivity contribution in [2.75, 3.05) is 29.9 Å². The Morgan fingerprint density at radius 2 is 1.68 bits per heavy atom. The molecule has 25 heavy (non-hydrogen) atoms. The molecule has 0 bridgehead atoms. The molecule has 0 spiro atoms. The summed E-state index contributed by atoms with van der Waals surface area (Å²) in [7, 11) is 0. The van der Waals surface area contributed by atoms with Gasteiger partial charge in [0.1, 0.15) is 6.61 Å². The molecule has 1 N–H and O–H groups in total. The van der Waals surface area contributed by atoms with Crippen molar-refractivity contribution in [1.82, 2.24) is 0 Å². The third kappa shape index (κ3) is 3.40. The Balaban J connectivity index is 1.48. The molecule has 1 atom stereocenters. The van der Waals surface area contributed by atoms with Crippen molar-refractivity contribution >= 4 is 17.3 Å². The van der Waals surface area contributed by atoms with Gasteiger partial charge in [-0.25, -0.2) is 0 Å². The Kier molecular flexibility index (Phi) is 4.46. The number of carbonyl (C=O) groups excluding carboxylic acids is 1. The van der Waals surface area contributed by atoms with Gasteiger partial charge < -0.3 is 19.7 Å². The molecule has 4 rings (SSSR count). The molecule has 130 valence electrons. The lowest BCUT2D eigenvalue weighted by Crippen LogP contribution is -2.40. The minimum Gasteiger partial charge on any atom is -0.485 e. The molecule has 2 aromatic rings. The van der Waals surface area contributed by atoms with Crippen molar-refractivity contribution in [1.29, 1.82) is 0 Å². The van der Waals surface area contributed by atoms with Crippen LogP contribution in [0.4, 0.5) is 11.4 Å². The molecule has 2 aliphatic rings. The Morgan fingerprint density at radius 3 is 2.52 bits per heavy atom. The number of piperidine rings is 1. The summed E-state index contributed by atoms with van der Waals surface area (Å²) in [6.07, 6.45) is 3.01. The molecule has 5 heteroatoms. The monoisotopic (exact) mass is 338 g/mol. The van der Waals surface area contributed by atoms with Crippen LogP contribution in [0.25, 0.3) is 0 Å². The summed E-state index contributed by atoms with van der Waals surface area (Å²) in [6.45, 7) is 2.28. The fraction of sp³-hybridized carbons (Fsp3) is 0.350. The molecule has 1 unspecified atom stereocenters. The van der Waals surface area contributed by atoms with Crippen LogP contribution in [0.15, 0.2) is 48.5 Å². The van der Waals surface area contributed by atoms with E-state index in [-0.39, 0.29) is 12.5 Å². The van der Waals surface area contributed by atoms with E-state index < -0.39 is 6.10 Å². The van der Waals surface area contributed by atoms with E-state index in [9.17, 15) is 4.79 Å². The summed E-state index contributed by atoms with van der Waals surface area (Å²) >= 11 is 0. The fourth-order valence-corrected chi connectivity index (χ4v) is 3.35. The van der Waals surface area contributed by atoms with Crippen LogP contribution >= 0.6 is 0 Å². The molecule has 2 heterocycles. The zero-order chi connectivity index (χ0) is 17.1. The van der Waals surface area contributed by atoms with Crippen LogP contribution in [0.1, 0.15) is 19.3 Å². The molecule has 1 fully saturated rings. The van der Waals surface area contributed by atoms with Crippen molar-refractivity contribution in [3.05, 3.63) is 48.5 Å². The first-order valence-corrected chi connectivity index (χ1v) is 8.84. The summed E-state index contributed by atoms with van der Waals surface area (Å²) in [6, 6.07) is 15.4. The quantitative estimate of drug-likeness (QED) is 0.931. The van der Waals surface area contributed by atoms with Crippen LogP contribution in [0.2, 0.25) is 0 Å². The molecular formula is C20H22N2O3. The number of hydrogen-bond donors (Lipinski definition) is 1. The van der Waals surface area contributed by atoms with Crippen molar-refractivity contribution in [3.8, 4) is 11.5 Å². The molecule has 2 aromatic carbocycles. The molecule has 2 aliphatic heterocycles. The number of benzene rings is 2. The summed E-state index contributed by atoms with van der Waals surface area (Å²) in [5.74, 6) is 1.11. The zero-order valence-electron chi connectivity index (χ0n) is 14.1. The fourth-order valence-electron chi connectivity index (χ4n) is 3.35. The number of fused-ring (bicyclic) bond motifs is 1. The molecule has 1 saturated heterocycles. The Hall–Kier alpha value is -2.69. The van der Waals surface area contributed by atoms with Gasteiger partial charge in [-0.2, -0.15) is 0 Å². The Morgan fingerprint density at radius 1 is 0.960 bits per heavy atom. The smallest absolute Gasteiger partial charge is 0.269 e. The van der Waals surface area contributed by atoms with Crippen molar-refractivity contribution in [2.24, 2.45) is 0 Å². The standard InChI is InChI=1S/C20H22N2O3/c23-20(19-14-24-17-10-4-5-11-18(17)25-19)21-15-8-2-3-9-16(15)22-12-6-1-7-13-22/h2-5,8-11,19H,1,6-7,12-14H2,(H,21,23). The van der Waals surface area contributed by atoms with Crippen LogP contribution in [-0.2, 0) is 4.79 Å². The van der Waals surface area contributed by atoms with Gasteiger partial charge in [-0.05, 0) is 43.5 Å². The Labute approximate surface area is 147 Å². The second-order valence-electron chi connectivity index (χ2n) is 6.42. The van der Waals surface area contributed by atoms with E-state index in [1.807, 2.05) is 42.5 Å². The lowest BCUT2D eigenvalue weighted by atomic mass is 10.1. The summed E-state index contributed by atoms with van der Waals surface area (Å²) in [5.41, 5.74) is 1.91. The molecular weight excluding hydrogens is 316 g/mol. The van der Waals surface area contributed by atoms with E-state index in [4.69, 9.17) is 9.47 Å². The summed E-state index contributed by atoms with van der Waals surface area (Å²) in [5, 5.41) is 3.02. The van der Waals surface area contributed by atoms with Gasteiger partial charge in [0.2, 0.25) is 6.10 Å². The van der Waals surface area contributed by atoms with Crippen LogP contribution < -0.4 is 19.7 Å². The maximum absolute atomic E-state index is 12.7. The normalized spacial score (nSPS) is 19.4. The third-order valence-electron chi connectivity index (χ3n) is 4.66. The van der Waals surface area contributed by atoms with Gasteiger partial charge in [-0.15, -0.1) is 0 Å². The van der Waals surface area contributed by atoms with Crippen LogP contribution in [0, 0.1) is 0 Å². The van der Waals surface area contributed by atoms with E-state index in [0.29, 0.717) is 11.5 Å². The first-order chi connectivity index (χ1) is 12.3. The van der Waals surface area contributed by atoms with Gasteiger partial charge in [0.05, 0.1) is 11.4 Å². The molecule has 0 aliphatic carbocycles. The number of para-hydroxylation sites is 4. The molecule has 0 saturated carbocycles. The highest BCUT2D eigenvalue weighted by atomic mass is 16.6. The number of anilines is 2. The number of nitrogens with one attached hydrogen (secondary N) is 1. The van der Waals surface area contributed by atoms with Crippen LogP contribution in [-0.4, -0.2) is 31.7 Å². The highest BCUT2D eigenvalue weighted by Crippen LogP contribution is 2.32. The largest absolute Gasteiger partial charge is 0.485 e. The second kappa shape index (κ2) is 7.05.